The first-order valence-electron chi connectivity index (χ1n) is 15.8. The molecular formula is C42H42N6O2. The van der Waals surface area contributed by atoms with Crippen LogP contribution in [0.2, 0.25) is 0 Å². The molecule has 6 aromatic rings. The van der Waals surface area contributed by atoms with Crippen molar-refractivity contribution in [3.05, 3.63) is 213 Å². The largest absolute Gasteiger partial charge is 0.399 e. The van der Waals surface area contributed by atoms with Gasteiger partial charge in [0.05, 0.1) is 0 Å². The second-order valence-corrected chi connectivity index (χ2v) is 11.2. The van der Waals surface area contributed by atoms with Crippen LogP contribution in [0.25, 0.3) is 10.4 Å². The van der Waals surface area contributed by atoms with Crippen LogP contribution in [0, 0.1) is 38.5 Å². The molecule has 8 heteroatoms. The van der Waals surface area contributed by atoms with Crippen molar-refractivity contribution in [1.29, 1.82) is 10.8 Å². The van der Waals surface area contributed by atoms with Crippen molar-refractivity contribution in [2.45, 2.75) is 33.8 Å². The molecule has 252 valence electrons. The number of anilines is 1. The number of hydrogen-bond donors (Lipinski definition) is 2. The number of aliphatic hydroxyl groups is 1. The molecular weight excluding hydrogens is 621 g/mol. The van der Waals surface area contributed by atoms with Crippen LogP contribution in [0.5, 0.6) is 0 Å². The van der Waals surface area contributed by atoms with E-state index in [1.54, 1.807) is 12.1 Å². The number of nitrogens with two attached hydrogens (primary N) is 1. The molecule has 0 heterocycles. The average Bonchev–Trinajstić information content (AvgIpc) is 3.16. The summed E-state index contributed by atoms with van der Waals surface area (Å²) in [6.07, 6.45) is -0.521. The number of hydrogen-bond acceptors (Lipinski definition) is 6. The highest BCUT2D eigenvalue weighted by Gasteiger charge is 2.09. The van der Waals surface area contributed by atoms with Gasteiger partial charge < -0.3 is 10.8 Å². The van der Waals surface area contributed by atoms with Crippen molar-refractivity contribution in [2.75, 3.05) is 5.73 Å². The predicted octanol–water partition coefficient (Wildman–Crippen LogP) is 10.8. The molecule has 0 saturated heterocycles. The molecule has 1 unspecified atom stereocenters. The lowest BCUT2D eigenvalue weighted by molar-refractivity contribution is 0.103. The summed E-state index contributed by atoms with van der Waals surface area (Å²) in [6.45, 7) is 8.08. The predicted molar refractivity (Wildman–Crippen MR) is 202 cm³/mol. The standard InChI is InChI=1S/C14H14O.C14H12O.C7H7N3.C7H9N.N2/c2*1-11-7-9-13(10-8-11)14(15)12-5-3-2-4-6-12;1-6-2-4-7(5-3-6)9-10-8;1-6-2-4-7(8)5-3-6;1-2/h2-10,14-15H,1H3;2-10H,1H3;2-5H,1H3;2-5H,8H2,1H3;. The van der Waals surface area contributed by atoms with Crippen LogP contribution in [-0.4, -0.2) is 10.9 Å². The monoisotopic (exact) mass is 662 g/mol. The number of nitrogen functional groups attached to an aromatic ring is 1. The van der Waals surface area contributed by atoms with Gasteiger partial charge in [-0.3, -0.25) is 4.79 Å². The second kappa shape index (κ2) is 22.1. The Kier molecular flexibility index (Phi) is 17.5. The first kappa shape index (κ1) is 39.7. The Bertz CT molecular complexity index is 1880. The van der Waals surface area contributed by atoms with Gasteiger partial charge in [-0.15, -0.1) is 0 Å². The number of rotatable bonds is 5. The smallest absolute Gasteiger partial charge is 0.193 e. The van der Waals surface area contributed by atoms with Crippen LogP contribution in [0.15, 0.2) is 163 Å². The van der Waals surface area contributed by atoms with Gasteiger partial charge in [0.1, 0.15) is 6.10 Å². The van der Waals surface area contributed by atoms with Crippen LogP contribution in [0.1, 0.15) is 55.4 Å². The molecule has 0 saturated carbocycles. The van der Waals surface area contributed by atoms with Gasteiger partial charge in [-0.05, 0) is 56.5 Å². The van der Waals surface area contributed by atoms with Crippen LogP contribution in [-0.2, 0) is 0 Å². The van der Waals surface area contributed by atoms with Gasteiger partial charge in [-0.25, -0.2) is 0 Å². The first-order chi connectivity index (χ1) is 24.2. The molecule has 8 nitrogen and oxygen atoms in total. The van der Waals surface area contributed by atoms with Crippen LogP contribution in [0.3, 0.4) is 0 Å². The van der Waals surface area contributed by atoms with E-state index in [0.717, 1.165) is 33.5 Å². The number of carbonyl (C=O) groups is 1. The topological polar surface area (TPSA) is 160 Å². The summed E-state index contributed by atoms with van der Waals surface area (Å²) < 4.78 is 0. The van der Waals surface area contributed by atoms with E-state index >= 15 is 0 Å². The number of benzene rings is 6. The highest BCUT2D eigenvalue weighted by Crippen LogP contribution is 2.21. The average molecular weight is 663 g/mol. The second-order valence-electron chi connectivity index (χ2n) is 11.2. The number of nitrogens with zero attached hydrogens (tertiary/aromatic N) is 5. The third-order valence-corrected chi connectivity index (χ3v) is 7.13. The minimum atomic E-state index is -0.521. The summed E-state index contributed by atoms with van der Waals surface area (Å²) in [5.74, 6) is 0.0793. The van der Waals surface area contributed by atoms with Crippen molar-refractivity contribution < 1.29 is 9.90 Å². The van der Waals surface area contributed by atoms with Gasteiger partial charge in [0.25, 0.3) is 0 Å². The van der Waals surface area contributed by atoms with E-state index in [1.165, 1.54) is 16.7 Å². The third-order valence-electron chi connectivity index (χ3n) is 7.13. The molecule has 0 bridgehead atoms. The molecule has 0 fully saturated rings. The van der Waals surface area contributed by atoms with Crippen molar-refractivity contribution >= 4 is 17.2 Å². The van der Waals surface area contributed by atoms with E-state index in [-0.39, 0.29) is 5.78 Å². The van der Waals surface area contributed by atoms with E-state index < -0.39 is 6.10 Å². The summed E-state index contributed by atoms with van der Waals surface area (Å²) in [7, 11) is 0. The Balaban J connectivity index is 0.000000234. The van der Waals surface area contributed by atoms with E-state index in [0.29, 0.717) is 5.69 Å². The summed E-state index contributed by atoms with van der Waals surface area (Å²) in [6, 6.07) is 49.8. The molecule has 0 aliphatic heterocycles. The minimum Gasteiger partial charge on any atom is -0.399 e. The van der Waals surface area contributed by atoms with Crippen LogP contribution < -0.4 is 5.73 Å². The lowest BCUT2D eigenvalue weighted by atomic mass is 10.0. The normalized spacial score (nSPS) is 9.90. The van der Waals surface area contributed by atoms with Crippen molar-refractivity contribution in [3.63, 3.8) is 0 Å². The molecule has 0 aliphatic rings. The van der Waals surface area contributed by atoms with Crippen LogP contribution >= 0.6 is 0 Å². The SMILES string of the molecule is Cc1ccc(C(=O)c2ccccc2)cc1.Cc1ccc(C(O)c2ccccc2)cc1.Cc1ccc(N)cc1.Cc1ccc(N=[N+]=[N-])cc1.N#N. The van der Waals surface area contributed by atoms with Gasteiger partial charge >= 0.3 is 0 Å². The molecule has 6 aromatic carbocycles. The summed E-state index contributed by atoms with van der Waals surface area (Å²) in [4.78, 5) is 14.6. The molecule has 1 atom stereocenters. The molecule has 0 aliphatic carbocycles. The highest BCUT2D eigenvalue weighted by molar-refractivity contribution is 6.08. The number of ketones is 1. The molecule has 6 rings (SSSR count). The fraction of sp³-hybridized carbons (Fsp3) is 0.119. The molecule has 0 radical (unpaired) electrons. The molecule has 0 spiro atoms. The van der Waals surface area contributed by atoms with E-state index in [9.17, 15) is 9.90 Å². The first-order valence-corrected chi connectivity index (χ1v) is 15.8. The fourth-order valence-corrected chi connectivity index (χ4v) is 4.27. The van der Waals surface area contributed by atoms with E-state index in [4.69, 9.17) is 22.1 Å². The Labute approximate surface area is 294 Å². The lowest BCUT2D eigenvalue weighted by Crippen LogP contribution is -2.00. The number of aliphatic hydroxyl groups excluding tert-OH is 1. The molecule has 0 amide bonds. The Morgan fingerprint density at radius 1 is 0.580 bits per heavy atom. The zero-order valence-corrected chi connectivity index (χ0v) is 28.8. The zero-order valence-electron chi connectivity index (χ0n) is 28.8. The Morgan fingerprint density at radius 2 is 0.940 bits per heavy atom. The summed E-state index contributed by atoms with van der Waals surface area (Å²) >= 11 is 0. The lowest BCUT2D eigenvalue weighted by Gasteiger charge is -2.11. The fourth-order valence-electron chi connectivity index (χ4n) is 4.27. The summed E-state index contributed by atoms with van der Waals surface area (Å²) in [5.41, 5.74) is 23.1. The van der Waals surface area contributed by atoms with Crippen molar-refractivity contribution in [2.24, 2.45) is 5.11 Å². The van der Waals surface area contributed by atoms with Gasteiger partial charge in [0.2, 0.25) is 0 Å². The molecule has 3 N–H and O–H groups in total. The quantitative estimate of drug-likeness (QED) is 0.0468. The Morgan fingerprint density at radius 3 is 1.38 bits per heavy atom. The van der Waals surface area contributed by atoms with Gasteiger partial charge in [-0.1, -0.05) is 173 Å². The maximum Gasteiger partial charge on any atom is 0.193 e. The van der Waals surface area contributed by atoms with E-state index in [1.807, 2.05) is 173 Å². The van der Waals surface area contributed by atoms with Gasteiger partial charge in [-0.2, -0.15) is 0 Å². The molecule has 0 aromatic heterocycles. The van der Waals surface area contributed by atoms with Crippen molar-refractivity contribution in [1.82, 2.24) is 0 Å². The maximum atomic E-state index is 12.0. The van der Waals surface area contributed by atoms with Gasteiger partial charge in [0.15, 0.2) is 5.78 Å². The minimum absolute atomic E-state index is 0.0793. The molecule has 50 heavy (non-hydrogen) atoms. The summed E-state index contributed by atoms with van der Waals surface area (Å²) in [5, 5.41) is 25.5. The number of aryl methyl sites for hydroxylation is 4. The highest BCUT2D eigenvalue weighted by atomic mass is 16.3. The Hall–Kier alpha value is -6.52. The van der Waals surface area contributed by atoms with Crippen LogP contribution in [0.4, 0.5) is 11.4 Å². The third kappa shape index (κ3) is 14.5. The maximum absolute atomic E-state index is 12.0. The number of azide groups is 1. The van der Waals surface area contributed by atoms with Gasteiger partial charge in [0, 0.05) is 38.2 Å². The van der Waals surface area contributed by atoms with Crippen molar-refractivity contribution in [3.8, 4) is 0 Å². The number of carbonyl (C=O) groups excluding carboxylic acids is 1. The van der Waals surface area contributed by atoms with E-state index in [2.05, 4.69) is 10.0 Å². The zero-order chi connectivity index (χ0) is 36.7.